The largest absolute Gasteiger partial charge is 0.396 e. The second-order valence-corrected chi connectivity index (χ2v) is 5.26. The van der Waals surface area contributed by atoms with E-state index in [1.807, 2.05) is 0 Å². The van der Waals surface area contributed by atoms with Crippen molar-refractivity contribution < 1.29 is 5.11 Å². The van der Waals surface area contributed by atoms with Crippen LogP contribution in [0, 0.1) is 5.92 Å². The van der Waals surface area contributed by atoms with Crippen LogP contribution >= 0.6 is 0 Å². The molecule has 0 radical (unpaired) electrons. The summed E-state index contributed by atoms with van der Waals surface area (Å²) in [6.45, 7) is 4.76. The molecule has 0 heterocycles. The van der Waals surface area contributed by atoms with Crippen molar-refractivity contribution in [1.82, 2.24) is 0 Å². The maximum Gasteiger partial charge on any atom is 0.0456 e. The summed E-state index contributed by atoms with van der Waals surface area (Å²) in [6.07, 6.45) is 15.2. The quantitative estimate of drug-likeness (QED) is 0.470. The number of unbranched alkanes of at least 4 members (excludes halogenated alkanes) is 9. The summed E-state index contributed by atoms with van der Waals surface area (Å²) in [7, 11) is 0. The van der Waals surface area contributed by atoms with Crippen LogP contribution in [0.1, 0.15) is 84.5 Å². The van der Waals surface area contributed by atoms with E-state index >= 15 is 0 Å². The van der Waals surface area contributed by atoms with Gasteiger partial charge in [-0.05, 0) is 12.3 Å². The minimum absolute atomic E-state index is 0.359. The molecule has 0 aromatic carbocycles. The van der Waals surface area contributed by atoms with Gasteiger partial charge in [-0.2, -0.15) is 0 Å². The molecule has 98 valence electrons. The van der Waals surface area contributed by atoms with E-state index < -0.39 is 0 Å². The number of aliphatic hydroxyl groups is 1. The standard InChI is InChI=1S/C15H32O/c1-3-4-5-6-7-8-9-10-11-12-13-15(2)14-16/h15-16H,3-14H2,1-2H3/t15-/m1/s1. The van der Waals surface area contributed by atoms with Crippen molar-refractivity contribution in [2.75, 3.05) is 6.61 Å². The van der Waals surface area contributed by atoms with Crippen LogP contribution in [0.4, 0.5) is 0 Å². The van der Waals surface area contributed by atoms with Crippen LogP contribution in [-0.4, -0.2) is 11.7 Å². The zero-order valence-electron chi connectivity index (χ0n) is 11.5. The summed E-state index contributed by atoms with van der Waals surface area (Å²) in [5.74, 6) is 0.508. The molecule has 0 amide bonds. The Hall–Kier alpha value is -0.0400. The predicted octanol–water partition coefficient (Wildman–Crippen LogP) is 4.93. The molecule has 0 aliphatic rings. The van der Waals surface area contributed by atoms with Crippen molar-refractivity contribution in [3.05, 3.63) is 0 Å². The van der Waals surface area contributed by atoms with Crippen molar-refractivity contribution in [3.63, 3.8) is 0 Å². The van der Waals surface area contributed by atoms with E-state index in [0.29, 0.717) is 12.5 Å². The third-order valence-electron chi connectivity index (χ3n) is 3.36. The van der Waals surface area contributed by atoms with Gasteiger partial charge in [-0.3, -0.25) is 0 Å². The van der Waals surface area contributed by atoms with E-state index in [9.17, 15) is 0 Å². The van der Waals surface area contributed by atoms with E-state index in [2.05, 4.69) is 13.8 Å². The first-order valence-electron chi connectivity index (χ1n) is 7.42. The van der Waals surface area contributed by atoms with Gasteiger partial charge in [0.25, 0.3) is 0 Å². The first-order valence-corrected chi connectivity index (χ1v) is 7.42. The Labute approximate surface area is 103 Å². The summed E-state index contributed by atoms with van der Waals surface area (Å²) < 4.78 is 0. The lowest BCUT2D eigenvalue weighted by atomic mass is 10.0. The van der Waals surface area contributed by atoms with E-state index in [1.165, 1.54) is 70.6 Å². The minimum atomic E-state index is 0.359. The molecule has 1 N–H and O–H groups in total. The van der Waals surface area contributed by atoms with Crippen molar-refractivity contribution >= 4 is 0 Å². The maximum absolute atomic E-state index is 8.88. The highest BCUT2D eigenvalue weighted by Crippen LogP contribution is 2.13. The smallest absolute Gasteiger partial charge is 0.0456 e. The molecule has 0 fully saturated rings. The van der Waals surface area contributed by atoms with Crippen LogP contribution in [0.5, 0.6) is 0 Å². The van der Waals surface area contributed by atoms with Crippen LogP contribution in [0.15, 0.2) is 0 Å². The predicted molar refractivity (Wildman–Crippen MR) is 72.7 cm³/mol. The summed E-state index contributed by atoms with van der Waals surface area (Å²) in [5, 5.41) is 8.88. The van der Waals surface area contributed by atoms with E-state index in [4.69, 9.17) is 5.11 Å². The van der Waals surface area contributed by atoms with Crippen LogP contribution in [0.3, 0.4) is 0 Å². The fourth-order valence-corrected chi connectivity index (χ4v) is 2.07. The zero-order chi connectivity index (χ0) is 12.1. The molecule has 0 saturated carbocycles. The number of hydrogen-bond acceptors (Lipinski definition) is 1. The molecule has 0 unspecified atom stereocenters. The zero-order valence-corrected chi connectivity index (χ0v) is 11.5. The molecule has 0 rings (SSSR count). The van der Waals surface area contributed by atoms with Crippen molar-refractivity contribution in [1.29, 1.82) is 0 Å². The van der Waals surface area contributed by atoms with Crippen LogP contribution in [0.2, 0.25) is 0 Å². The monoisotopic (exact) mass is 228 g/mol. The molecule has 0 bridgehead atoms. The first kappa shape index (κ1) is 16.0. The lowest BCUT2D eigenvalue weighted by Gasteiger charge is -2.06. The van der Waals surface area contributed by atoms with Crippen LogP contribution < -0.4 is 0 Å². The highest BCUT2D eigenvalue weighted by atomic mass is 16.3. The van der Waals surface area contributed by atoms with Gasteiger partial charge in [-0.1, -0.05) is 78.1 Å². The van der Waals surface area contributed by atoms with E-state index in [1.54, 1.807) is 0 Å². The van der Waals surface area contributed by atoms with Crippen molar-refractivity contribution in [2.45, 2.75) is 84.5 Å². The highest BCUT2D eigenvalue weighted by molar-refractivity contribution is 4.52. The van der Waals surface area contributed by atoms with E-state index in [-0.39, 0.29) is 0 Å². The molecule has 0 spiro atoms. The van der Waals surface area contributed by atoms with Gasteiger partial charge in [-0.25, -0.2) is 0 Å². The normalized spacial score (nSPS) is 12.9. The molecular weight excluding hydrogens is 196 g/mol. The third kappa shape index (κ3) is 12.0. The van der Waals surface area contributed by atoms with Crippen molar-refractivity contribution in [2.24, 2.45) is 5.92 Å². The first-order chi connectivity index (χ1) is 7.81. The molecular formula is C15H32O. The van der Waals surface area contributed by atoms with Crippen molar-refractivity contribution in [3.8, 4) is 0 Å². The van der Waals surface area contributed by atoms with Gasteiger partial charge < -0.3 is 5.11 Å². The number of rotatable bonds is 12. The Morgan fingerprint density at radius 1 is 0.750 bits per heavy atom. The van der Waals surface area contributed by atoms with Gasteiger partial charge in [0.2, 0.25) is 0 Å². The molecule has 1 nitrogen and oxygen atoms in total. The van der Waals surface area contributed by atoms with Gasteiger partial charge in [0.15, 0.2) is 0 Å². The Bertz CT molecular complexity index is 123. The Morgan fingerprint density at radius 3 is 1.62 bits per heavy atom. The summed E-state index contributed by atoms with van der Waals surface area (Å²) in [5.41, 5.74) is 0. The second-order valence-electron chi connectivity index (χ2n) is 5.26. The molecule has 0 aliphatic heterocycles. The van der Waals surface area contributed by atoms with Gasteiger partial charge >= 0.3 is 0 Å². The maximum atomic E-state index is 8.88. The SMILES string of the molecule is CCCCCCCCCCCC[C@@H](C)CO. The van der Waals surface area contributed by atoms with Gasteiger partial charge in [0.05, 0.1) is 0 Å². The summed E-state index contributed by atoms with van der Waals surface area (Å²) >= 11 is 0. The fourth-order valence-electron chi connectivity index (χ4n) is 2.07. The highest BCUT2D eigenvalue weighted by Gasteiger charge is 1.98. The lowest BCUT2D eigenvalue weighted by Crippen LogP contribution is -1.99. The number of aliphatic hydroxyl groups excluding tert-OH is 1. The average molecular weight is 228 g/mol. The average Bonchev–Trinajstić information content (AvgIpc) is 2.31. The molecule has 1 heteroatoms. The lowest BCUT2D eigenvalue weighted by molar-refractivity contribution is 0.227. The second kappa shape index (κ2) is 13.0. The Balaban J connectivity index is 2.93. The fraction of sp³-hybridized carbons (Fsp3) is 1.00. The Morgan fingerprint density at radius 2 is 1.19 bits per heavy atom. The summed E-state index contributed by atoms with van der Waals surface area (Å²) in [4.78, 5) is 0. The minimum Gasteiger partial charge on any atom is -0.396 e. The molecule has 16 heavy (non-hydrogen) atoms. The van der Waals surface area contributed by atoms with Gasteiger partial charge in [0, 0.05) is 6.61 Å². The van der Waals surface area contributed by atoms with Crippen LogP contribution in [-0.2, 0) is 0 Å². The molecule has 0 saturated heterocycles. The van der Waals surface area contributed by atoms with E-state index in [0.717, 1.165) is 0 Å². The van der Waals surface area contributed by atoms with Crippen LogP contribution in [0.25, 0.3) is 0 Å². The summed E-state index contributed by atoms with van der Waals surface area (Å²) in [6, 6.07) is 0. The van der Waals surface area contributed by atoms with Gasteiger partial charge in [0.1, 0.15) is 0 Å². The molecule has 0 aromatic rings. The van der Waals surface area contributed by atoms with Gasteiger partial charge in [-0.15, -0.1) is 0 Å². The molecule has 1 atom stereocenters. The Kier molecular flexibility index (Phi) is 13.0. The topological polar surface area (TPSA) is 20.2 Å². The molecule has 0 aromatic heterocycles. The molecule has 0 aliphatic carbocycles. The third-order valence-corrected chi connectivity index (χ3v) is 3.36. The number of hydrogen-bond donors (Lipinski definition) is 1.